The number of hydroxylamine groups is 2. The van der Waals surface area contributed by atoms with Crippen molar-refractivity contribution in [3.05, 3.63) is 10.1 Å². The predicted octanol–water partition coefficient (Wildman–Crippen LogP) is -0.225. The molecule has 0 radical (unpaired) electrons. The van der Waals surface area contributed by atoms with E-state index in [2.05, 4.69) is 4.94 Å². The van der Waals surface area contributed by atoms with Crippen molar-refractivity contribution >= 4 is 5.78 Å². The van der Waals surface area contributed by atoms with Crippen LogP contribution in [0.5, 0.6) is 0 Å². The van der Waals surface area contributed by atoms with Gasteiger partial charge in [0.25, 0.3) is 0 Å². The topological polar surface area (TPSA) is 72.7 Å². The second-order valence-corrected chi connectivity index (χ2v) is 2.27. The van der Waals surface area contributed by atoms with E-state index >= 15 is 0 Å². The molecule has 0 aliphatic carbocycles. The zero-order valence-corrected chi connectivity index (χ0v) is 5.86. The summed E-state index contributed by atoms with van der Waals surface area (Å²) >= 11 is 0. The monoisotopic (exact) mass is 160 g/mol. The third kappa shape index (κ3) is 2.50. The Balaban J connectivity index is 2.28. The number of hydrogen-bond acceptors (Lipinski definition) is 5. The predicted molar refractivity (Wildman–Crippen MR) is 33.9 cm³/mol. The fourth-order valence-corrected chi connectivity index (χ4v) is 0.912. The largest absolute Gasteiger partial charge is 0.312 e. The quantitative estimate of drug-likeness (QED) is 0.412. The molecule has 1 heterocycles. The van der Waals surface area contributed by atoms with Gasteiger partial charge in [0, 0.05) is 25.9 Å². The molecule has 1 fully saturated rings. The Morgan fingerprint density at radius 3 is 2.45 bits per heavy atom. The average Bonchev–Trinajstić information content (AvgIpc) is 1.93. The third-order valence-corrected chi connectivity index (χ3v) is 1.46. The number of Topliss-reactive ketones (excluding diaryl/α,β-unsaturated/α-hetero) is 1. The SMILES string of the molecule is O=C1CCN(O[N+](=O)[O-])CC1. The first-order valence-corrected chi connectivity index (χ1v) is 3.27. The minimum atomic E-state index is -0.865. The van der Waals surface area contributed by atoms with Crippen LogP contribution in [0.3, 0.4) is 0 Å². The molecule has 1 saturated heterocycles. The Kier molecular flexibility index (Phi) is 2.37. The van der Waals surface area contributed by atoms with Gasteiger partial charge < -0.3 is 0 Å². The molecule has 6 heteroatoms. The molecule has 0 bridgehead atoms. The lowest BCUT2D eigenvalue weighted by atomic mass is 10.1. The molecule has 1 rings (SSSR count). The Morgan fingerprint density at radius 1 is 1.45 bits per heavy atom. The van der Waals surface area contributed by atoms with E-state index in [9.17, 15) is 14.9 Å². The summed E-state index contributed by atoms with van der Waals surface area (Å²) in [5.74, 6) is 0.133. The van der Waals surface area contributed by atoms with Crippen molar-refractivity contribution in [2.45, 2.75) is 12.8 Å². The molecule has 1 aliphatic rings. The summed E-state index contributed by atoms with van der Waals surface area (Å²) in [6, 6.07) is 0. The van der Waals surface area contributed by atoms with Gasteiger partial charge in [0.15, 0.2) is 0 Å². The standard InChI is InChI=1S/C5H8N2O4/c8-5-1-3-6(4-2-5)11-7(9)10/h1-4H2. The average molecular weight is 160 g/mol. The first kappa shape index (κ1) is 7.93. The first-order chi connectivity index (χ1) is 5.18. The van der Waals surface area contributed by atoms with Gasteiger partial charge in [-0.05, 0) is 0 Å². The van der Waals surface area contributed by atoms with Crippen LogP contribution in [0.25, 0.3) is 0 Å². The molecular formula is C5H8N2O4. The zero-order valence-electron chi connectivity index (χ0n) is 5.86. The van der Waals surface area contributed by atoms with Crippen LogP contribution in [0.2, 0.25) is 0 Å². The van der Waals surface area contributed by atoms with Crippen LogP contribution in [0.1, 0.15) is 12.8 Å². The fraction of sp³-hybridized carbons (Fsp3) is 0.800. The highest BCUT2D eigenvalue weighted by atomic mass is 17.0. The van der Waals surface area contributed by atoms with Gasteiger partial charge in [0.1, 0.15) is 5.78 Å². The molecule has 0 aromatic rings. The molecule has 0 amide bonds. The number of nitrogens with zero attached hydrogens (tertiary/aromatic N) is 2. The fourth-order valence-electron chi connectivity index (χ4n) is 0.912. The number of carbonyl (C=O) groups is 1. The van der Waals surface area contributed by atoms with E-state index < -0.39 is 5.09 Å². The maximum absolute atomic E-state index is 10.6. The normalized spacial score (nSPS) is 19.8. The highest BCUT2D eigenvalue weighted by molar-refractivity contribution is 5.79. The van der Waals surface area contributed by atoms with Crippen molar-refractivity contribution in [1.29, 1.82) is 0 Å². The summed E-state index contributed by atoms with van der Waals surface area (Å²) in [7, 11) is 0. The van der Waals surface area contributed by atoms with E-state index in [0.29, 0.717) is 25.9 Å². The summed E-state index contributed by atoms with van der Waals surface area (Å²) in [5.41, 5.74) is 0. The number of carbonyl (C=O) groups excluding carboxylic acids is 1. The maximum atomic E-state index is 10.6. The van der Waals surface area contributed by atoms with Crippen molar-refractivity contribution in [2.75, 3.05) is 13.1 Å². The minimum absolute atomic E-state index is 0.133. The third-order valence-electron chi connectivity index (χ3n) is 1.46. The summed E-state index contributed by atoms with van der Waals surface area (Å²) in [5, 5.41) is 10.1. The highest BCUT2D eigenvalue weighted by Gasteiger charge is 2.18. The molecule has 0 unspecified atom stereocenters. The van der Waals surface area contributed by atoms with Crippen molar-refractivity contribution in [1.82, 2.24) is 5.06 Å². The molecule has 0 saturated carbocycles. The van der Waals surface area contributed by atoms with E-state index in [0.717, 1.165) is 0 Å². The summed E-state index contributed by atoms with van der Waals surface area (Å²) in [6.45, 7) is 0.639. The van der Waals surface area contributed by atoms with Gasteiger partial charge in [-0.15, -0.1) is 15.2 Å². The second-order valence-electron chi connectivity index (χ2n) is 2.27. The van der Waals surface area contributed by atoms with Gasteiger partial charge in [0.2, 0.25) is 0 Å². The van der Waals surface area contributed by atoms with E-state index in [4.69, 9.17) is 0 Å². The molecule has 0 spiro atoms. The second kappa shape index (κ2) is 3.29. The van der Waals surface area contributed by atoms with Gasteiger partial charge >= 0.3 is 5.09 Å². The van der Waals surface area contributed by atoms with Crippen LogP contribution < -0.4 is 0 Å². The summed E-state index contributed by atoms with van der Waals surface area (Å²) < 4.78 is 0. The summed E-state index contributed by atoms with van der Waals surface area (Å²) in [4.78, 5) is 24.6. The van der Waals surface area contributed by atoms with Crippen molar-refractivity contribution in [3.8, 4) is 0 Å². The number of hydrogen-bond donors (Lipinski definition) is 0. The van der Waals surface area contributed by atoms with Crippen molar-refractivity contribution in [3.63, 3.8) is 0 Å². The van der Waals surface area contributed by atoms with Crippen LogP contribution in [0, 0.1) is 10.1 Å². The van der Waals surface area contributed by atoms with Crippen LogP contribution in [0.4, 0.5) is 0 Å². The lowest BCUT2D eigenvalue weighted by Gasteiger charge is -2.21. The zero-order chi connectivity index (χ0) is 8.27. The Bertz CT molecular complexity index is 171. The molecule has 6 nitrogen and oxygen atoms in total. The van der Waals surface area contributed by atoms with Crippen molar-refractivity contribution < 1.29 is 14.8 Å². The molecule has 11 heavy (non-hydrogen) atoms. The van der Waals surface area contributed by atoms with Crippen LogP contribution in [-0.2, 0) is 9.73 Å². The van der Waals surface area contributed by atoms with Crippen LogP contribution in [-0.4, -0.2) is 29.0 Å². The minimum Gasteiger partial charge on any atom is -0.300 e. The molecule has 0 atom stereocenters. The number of rotatable bonds is 2. The van der Waals surface area contributed by atoms with Crippen molar-refractivity contribution in [2.24, 2.45) is 0 Å². The highest BCUT2D eigenvalue weighted by Crippen LogP contribution is 2.05. The van der Waals surface area contributed by atoms with E-state index in [1.54, 1.807) is 0 Å². The molecule has 0 aromatic carbocycles. The number of ketones is 1. The molecule has 0 aromatic heterocycles. The Hall–Kier alpha value is -1.17. The summed E-state index contributed by atoms with van der Waals surface area (Å²) in [6.07, 6.45) is 0.682. The van der Waals surface area contributed by atoms with Gasteiger partial charge in [-0.2, -0.15) is 0 Å². The Labute approximate surface area is 62.8 Å². The first-order valence-electron chi connectivity index (χ1n) is 3.27. The Morgan fingerprint density at radius 2 is 2.00 bits per heavy atom. The van der Waals surface area contributed by atoms with E-state index in [1.807, 2.05) is 0 Å². The molecule has 0 N–H and O–H groups in total. The van der Waals surface area contributed by atoms with E-state index in [1.165, 1.54) is 5.06 Å². The van der Waals surface area contributed by atoms with E-state index in [-0.39, 0.29) is 5.78 Å². The van der Waals surface area contributed by atoms with Gasteiger partial charge in [-0.3, -0.25) is 4.79 Å². The lowest BCUT2D eigenvalue weighted by molar-refractivity contribution is -0.810. The van der Waals surface area contributed by atoms with Gasteiger partial charge in [-0.25, -0.2) is 4.94 Å². The molecule has 62 valence electrons. The van der Waals surface area contributed by atoms with Gasteiger partial charge in [0.05, 0.1) is 0 Å². The lowest BCUT2D eigenvalue weighted by Crippen LogP contribution is -2.35. The molecule has 1 aliphatic heterocycles. The smallest absolute Gasteiger partial charge is 0.300 e. The van der Waals surface area contributed by atoms with Crippen LogP contribution in [0.15, 0.2) is 0 Å². The number of piperidine rings is 1. The maximum Gasteiger partial charge on any atom is 0.312 e. The molecular weight excluding hydrogens is 152 g/mol. The van der Waals surface area contributed by atoms with Crippen LogP contribution >= 0.6 is 0 Å². The van der Waals surface area contributed by atoms with Gasteiger partial charge in [-0.1, -0.05) is 0 Å².